The van der Waals surface area contributed by atoms with Gasteiger partial charge in [0.05, 0.1) is 14.1 Å². The van der Waals surface area contributed by atoms with Crippen LogP contribution in [0.15, 0.2) is 29.1 Å². The van der Waals surface area contributed by atoms with Gasteiger partial charge in [-0.3, -0.25) is 19.4 Å². The van der Waals surface area contributed by atoms with Crippen LogP contribution in [0.5, 0.6) is 0 Å². The van der Waals surface area contributed by atoms with Gasteiger partial charge in [-0.05, 0) is 30.7 Å². The van der Waals surface area contributed by atoms with Crippen molar-refractivity contribution < 1.29 is 26.0 Å². The van der Waals surface area contributed by atoms with Crippen LogP contribution >= 0.6 is 0 Å². The number of aliphatic carboxylic acids is 2. The fraction of sp³-hybridized carbons (Fsp3) is 0.350. The molecule has 3 atom stereocenters. The molecule has 1 aromatic carbocycles. The molecule has 2 aliphatic heterocycles. The van der Waals surface area contributed by atoms with Gasteiger partial charge >= 0.3 is 11.9 Å². The Labute approximate surface area is 188 Å². The SMILES string of the molecule is [2H]C1N(c2ccc(C(=O)N[C@@H](CCC(=O)O)C(=O)O)cc2)C[C@H]2CNc3nc(N)[nH]c(=O)c3N12. The average Bonchev–Trinajstić information content (AvgIpc) is 3.12. The van der Waals surface area contributed by atoms with Crippen molar-refractivity contribution in [1.82, 2.24) is 15.3 Å². The molecule has 4 rings (SSSR count). The highest BCUT2D eigenvalue weighted by Crippen LogP contribution is 2.32. The molecule has 1 aromatic heterocycles. The Bertz CT molecular complexity index is 1190. The molecule has 1 fully saturated rings. The summed E-state index contributed by atoms with van der Waals surface area (Å²) < 4.78 is 8.71. The number of carboxylic acids is 2. The van der Waals surface area contributed by atoms with Crippen LogP contribution < -0.4 is 31.7 Å². The van der Waals surface area contributed by atoms with Crippen molar-refractivity contribution in [2.75, 3.05) is 40.6 Å². The number of nitrogens with two attached hydrogens (primary N) is 1. The monoisotopic (exact) mass is 458 g/mol. The minimum absolute atomic E-state index is 0.0192. The number of fused-ring (bicyclic) bond motifs is 3. The Kier molecular flexibility index (Phi) is 5.42. The summed E-state index contributed by atoms with van der Waals surface area (Å²) >= 11 is 0. The second kappa shape index (κ2) is 8.68. The molecule has 33 heavy (non-hydrogen) atoms. The molecule has 13 nitrogen and oxygen atoms in total. The van der Waals surface area contributed by atoms with Crippen molar-refractivity contribution in [3.05, 3.63) is 40.2 Å². The van der Waals surface area contributed by atoms with Crippen LogP contribution in [0.1, 0.15) is 24.6 Å². The molecule has 1 saturated heterocycles. The van der Waals surface area contributed by atoms with E-state index in [0.717, 1.165) is 0 Å². The average molecular weight is 458 g/mol. The Morgan fingerprint density at radius 3 is 2.70 bits per heavy atom. The molecule has 0 aliphatic carbocycles. The molecular weight excluding hydrogens is 434 g/mol. The lowest BCUT2D eigenvalue weighted by Gasteiger charge is -2.31. The highest BCUT2D eigenvalue weighted by molar-refractivity contribution is 5.97. The summed E-state index contributed by atoms with van der Waals surface area (Å²) in [6, 6.07) is 4.74. The molecule has 7 N–H and O–H groups in total. The third-order valence-corrected chi connectivity index (χ3v) is 5.45. The predicted molar refractivity (Wildman–Crippen MR) is 118 cm³/mol. The molecule has 0 saturated carbocycles. The summed E-state index contributed by atoms with van der Waals surface area (Å²) in [5, 5.41) is 23.4. The van der Waals surface area contributed by atoms with E-state index >= 15 is 0 Å². The Hall–Kier alpha value is -4.29. The van der Waals surface area contributed by atoms with Gasteiger partial charge in [-0.25, -0.2) is 4.79 Å². The topological polar surface area (TPSA) is 194 Å². The first kappa shape index (κ1) is 20.6. The van der Waals surface area contributed by atoms with Crippen LogP contribution in [0, 0.1) is 0 Å². The highest BCUT2D eigenvalue weighted by Gasteiger charge is 2.37. The lowest BCUT2D eigenvalue weighted by atomic mass is 10.1. The fourth-order valence-corrected chi connectivity index (χ4v) is 3.81. The molecule has 0 bridgehead atoms. The second-order valence-electron chi connectivity index (χ2n) is 7.70. The number of carboxylic acid groups (broad SMARTS) is 2. The largest absolute Gasteiger partial charge is 0.481 e. The number of benzene rings is 1. The second-order valence-corrected chi connectivity index (χ2v) is 7.70. The summed E-state index contributed by atoms with van der Waals surface area (Å²) in [5.74, 6) is -2.83. The number of hydrogen-bond acceptors (Lipinski definition) is 9. The number of aromatic nitrogens is 2. The Morgan fingerprint density at radius 1 is 1.30 bits per heavy atom. The van der Waals surface area contributed by atoms with Crippen molar-refractivity contribution in [3.8, 4) is 0 Å². The molecule has 1 amide bonds. The van der Waals surface area contributed by atoms with Crippen LogP contribution in [0.2, 0.25) is 0 Å². The molecule has 0 spiro atoms. The minimum Gasteiger partial charge on any atom is -0.481 e. The predicted octanol–water partition coefficient (Wildman–Crippen LogP) is -0.522. The zero-order valence-corrected chi connectivity index (χ0v) is 17.3. The first-order chi connectivity index (χ1) is 16.2. The standard InChI is InChI=1S/C20H23N7O6/c21-20-24-16-15(18(31)25-20)27-9-26(8-12(27)7-22-16)11-3-1-10(2-4-11)17(30)23-13(19(32)33)5-6-14(28)29/h1-4,12-13H,5-9H2,(H,23,30)(H,28,29)(H,32,33)(H4,21,22,24,25,31)/t12-,13+/m1/s1/i9D/t9?,12-,13+. The first-order valence-electron chi connectivity index (χ1n) is 10.7. The maximum Gasteiger partial charge on any atom is 0.326 e. The summed E-state index contributed by atoms with van der Waals surface area (Å²) in [6.07, 6.45) is -0.633. The van der Waals surface area contributed by atoms with Crippen molar-refractivity contribution in [2.45, 2.75) is 24.9 Å². The van der Waals surface area contributed by atoms with Gasteiger partial charge in [0.2, 0.25) is 5.95 Å². The van der Waals surface area contributed by atoms with Crippen LogP contribution in [-0.2, 0) is 9.59 Å². The number of aromatic amines is 1. The minimum atomic E-state index is -1.33. The van der Waals surface area contributed by atoms with Gasteiger partial charge in [-0.1, -0.05) is 0 Å². The quantitative estimate of drug-likeness (QED) is 0.312. The third-order valence-electron chi connectivity index (χ3n) is 5.45. The summed E-state index contributed by atoms with van der Waals surface area (Å²) in [6.45, 7) is -0.0292. The number of nitrogens with zero attached hydrogens (tertiary/aromatic N) is 3. The third kappa shape index (κ3) is 4.51. The zero-order valence-electron chi connectivity index (χ0n) is 18.3. The van der Waals surface area contributed by atoms with E-state index < -0.39 is 42.5 Å². The normalized spacial score (nSPS) is 20.2. The lowest BCUT2D eigenvalue weighted by molar-refractivity contribution is -0.140. The van der Waals surface area contributed by atoms with Crippen molar-refractivity contribution in [3.63, 3.8) is 0 Å². The van der Waals surface area contributed by atoms with E-state index in [1.165, 1.54) is 12.1 Å². The number of carbonyl (C=O) groups is 3. The van der Waals surface area contributed by atoms with Crippen LogP contribution in [0.3, 0.4) is 0 Å². The number of amides is 1. The smallest absolute Gasteiger partial charge is 0.326 e. The number of rotatable bonds is 7. The van der Waals surface area contributed by atoms with E-state index in [1.54, 1.807) is 21.9 Å². The summed E-state index contributed by atoms with van der Waals surface area (Å²) in [4.78, 5) is 56.9. The van der Waals surface area contributed by atoms with Gasteiger partial charge < -0.3 is 36.4 Å². The van der Waals surface area contributed by atoms with E-state index in [0.29, 0.717) is 24.6 Å². The first-order valence-corrected chi connectivity index (χ1v) is 10.1. The maximum atomic E-state index is 12.5. The molecule has 3 heterocycles. The number of H-pyrrole nitrogens is 1. The summed E-state index contributed by atoms with van der Waals surface area (Å²) in [5.41, 5.74) is 6.23. The molecule has 0 radical (unpaired) electrons. The lowest BCUT2D eigenvalue weighted by Crippen LogP contribution is -2.44. The molecule has 13 heteroatoms. The van der Waals surface area contributed by atoms with Crippen LogP contribution in [-0.4, -0.2) is 69.8 Å². The molecule has 1 unspecified atom stereocenters. The molecule has 2 aliphatic rings. The van der Waals surface area contributed by atoms with Gasteiger partial charge in [-0.2, -0.15) is 4.98 Å². The van der Waals surface area contributed by atoms with E-state index in [4.69, 9.17) is 12.2 Å². The van der Waals surface area contributed by atoms with Gasteiger partial charge in [0.1, 0.15) is 11.7 Å². The van der Waals surface area contributed by atoms with E-state index in [2.05, 4.69) is 20.6 Å². The van der Waals surface area contributed by atoms with Crippen molar-refractivity contribution in [2.24, 2.45) is 0 Å². The molecule has 174 valence electrons. The number of nitrogens with one attached hydrogen (secondary N) is 3. The van der Waals surface area contributed by atoms with E-state index in [9.17, 15) is 24.3 Å². The van der Waals surface area contributed by atoms with Gasteiger partial charge in [0.15, 0.2) is 5.82 Å². The number of hydrogen-bond donors (Lipinski definition) is 6. The van der Waals surface area contributed by atoms with E-state index in [-0.39, 0.29) is 29.7 Å². The maximum absolute atomic E-state index is 12.5. The number of nitrogen functional groups attached to an aromatic ring is 1. The fourth-order valence-electron chi connectivity index (χ4n) is 3.81. The highest BCUT2D eigenvalue weighted by atomic mass is 16.4. The molecule has 2 aromatic rings. The summed E-state index contributed by atoms with van der Waals surface area (Å²) in [7, 11) is 0. The van der Waals surface area contributed by atoms with Crippen molar-refractivity contribution >= 4 is 41.0 Å². The van der Waals surface area contributed by atoms with Crippen molar-refractivity contribution in [1.29, 1.82) is 0 Å². The van der Waals surface area contributed by atoms with Gasteiger partial charge in [0.25, 0.3) is 11.5 Å². The number of anilines is 4. The van der Waals surface area contributed by atoms with E-state index in [1.807, 2.05) is 0 Å². The van der Waals surface area contributed by atoms with Crippen LogP contribution in [0.4, 0.5) is 23.1 Å². The van der Waals surface area contributed by atoms with Crippen LogP contribution in [0.25, 0.3) is 0 Å². The Balaban J connectivity index is 1.49. The van der Waals surface area contributed by atoms with Gasteiger partial charge in [-0.15, -0.1) is 0 Å². The number of carbonyl (C=O) groups excluding carboxylic acids is 1. The van der Waals surface area contributed by atoms with Gasteiger partial charge in [0, 0.05) is 30.8 Å². The molecular formula is C20H23N7O6. The Morgan fingerprint density at radius 2 is 2.03 bits per heavy atom. The zero-order chi connectivity index (χ0) is 24.6.